The van der Waals surface area contributed by atoms with Crippen LogP contribution in [0.4, 0.5) is 11.5 Å². The summed E-state index contributed by atoms with van der Waals surface area (Å²) in [5.41, 5.74) is 6.80. The van der Waals surface area contributed by atoms with Crippen LogP contribution in [-0.4, -0.2) is 11.5 Å². The van der Waals surface area contributed by atoms with Gasteiger partial charge in [-0.2, -0.15) is 0 Å². The zero-order chi connectivity index (χ0) is 11.5. The molecule has 1 rings (SSSR count). The van der Waals surface area contributed by atoms with Crippen molar-refractivity contribution in [2.45, 2.75) is 27.7 Å². The van der Waals surface area contributed by atoms with E-state index in [1.807, 2.05) is 12.1 Å². The first-order chi connectivity index (χ1) is 6.91. The number of nitrogens with zero attached hydrogens (tertiary/aromatic N) is 1. The topological polar surface area (TPSA) is 50.9 Å². The average molecular weight is 207 g/mol. The van der Waals surface area contributed by atoms with Gasteiger partial charge in [0.25, 0.3) is 0 Å². The third kappa shape index (κ3) is 3.42. The molecule has 0 amide bonds. The van der Waals surface area contributed by atoms with Gasteiger partial charge in [-0.3, -0.25) is 0 Å². The van der Waals surface area contributed by atoms with Crippen molar-refractivity contribution >= 4 is 11.5 Å². The standard InChI is InChI=1S/C12H21N3/c1-9(12(2,3)4)8-15-11-10(13)6-5-7-14-11/h5-7,9H,8,13H2,1-4H3,(H,14,15). The van der Waals surface area contributed by atoms with Crippen molar-refractivity contribution in [2.75, 3.05) is 17.6 Å². The summed E-state index contributed by atoms with van der Waals surface area (Å²) in [5.74, 6) is 1.35. The number of nitrogens with one attached hydrogen (secondary N) is 1. The lowest BCUT2D eigenvalue weighted by molar-refractivity contribution is 0.274. The van der Waals surface area contributed by atoms with Gasteiger partial charge in [0.1, 0.15) is 5.82 Å². The van der Waals surface area contributed by atoms with Crippen molar-refractivity contribution in [3.8, 4) is 0 Å². The predicted molar refractivity (Wildman–Crippen MR) is 65.8 cm³/mol. The second-order valence-electron chi connectivity index (χ2n) is 5.09. The second-order valence-corrected chi connectivity index (χ2v) is 5.09. The first-order valence-electron chi connectivity index (χ1n) is 5.35. The third-order valence-corrected chi connectivity index (χ3v) is 2.89. The number of hydrogen-bond acceptors (Lipinski definition) is 3. The Morgan fingerprint density at radius 1 is 1.47 bits per heavy atom. The molecule has 1 aromatic heterocycles. The van der Waals surface area contributed by atoms with E-state index in [1.54, 1.807) is 6.20 Å². The molecule has 0 aliphatic carbocycles. The highest BCUT2D eigenvalue weighted by molar-refractivity contribution is 5.60. The largest absolute Gasteiger partial charge is 0.396 e. The molecule has 1 heterocycles. The summed E-state index contributed by atoms with van der Waals surface area (Å²) >= 11 is 0. The predicted octanol–water partition coefficient (Wildman–Crippen LogP) is 2.76. The Bertz CT molecular complexity index is 315. The molecule has 0 radical (unpaired) electrons. The van der Waals surface area contributed by atoms with Crippen LogP contribution in [0.15, 0.2) is 18.3 Å². The van der Waals surface area contributed by atoms with Gasteiger partial charge in [-0.15, -0.1) is 0 Å². The van der Waals surface area contributed by atoms with E-state index < -0.39 is 0 Å². The number of anilines is 2. The van der Waals surface area contributed by atoms with E-state index in [1.165, 1.54) is 0 Å². The number of nitrogens with two attached hydrogens (primary N) is 1. The summed E-state index contributed by atoms with van der Waals surface area (Å²) in [6.45, 7) is 9.83. The molecule has 0 aromatic carbocycles. The lowest BCUT2D eigenvalue weighted by atomic mass is 9.82. The van der Waals surface area contributed by atoms with Crippen LogP contribution < -0.4 is 11.1 Å². The average Bonchev–Trinajstić information content (AvgIpc) is 2.14. The molecule has 0 fully saturated rings. The molecule has 84 valence electrons. The van der Waals surface area contributed by atoms with E-state index in [0.29, 0.717) is 17.0 Å². The van der Waals surface area contributed by atoms with E-state index in [2.05, 4.69) is 38.0 Å². The van der Waals surface area contributed by atoms with E-state index >= 15 is 0 Å². The fourth-order valence-electron chi connectivity index (χ4n) is 1.12. The van der Waals surface area contributed by atoms with Crippen LogP contribution in [0, 0.1) is 11.3 Å². The molecular weight excluding hydrogens is 186 g/mol. The molecule has 3 heteroatoms. The molecule has 0 spiro atoms. The third-order valence-electron chi connectivity index (χ3n) is 2.89. The fraction of sp³-hybridized carbons (Fsp3) is 0.583. The van der Waals surface area contributed by atoms with Crippen molar-refractivity contribution < 1.29 is 0 Å². The molecular formula is C12H21N3. The van der Waals surface area contributed by atoms with Crippen LogP contribution in [-0.2, 0) is 0 Å². The van der Waals surface area contributed by atoms with Gasteiger partial charge in [-0.25, -0.2) is 4.98 Å². The lowest BCUT2D eigenvalue weighted by Gasteiger charge is -2.27. The first-order valence-corrected chi connectivity index (χ1v) is 5.35. The quantitative estimate of drug-likeness (QED) is 0.801. The maximum absolute atomic E-state index is 5.79. The minimum Gasteiger partial charge on any atom is -0.396 e. The number of rotatable bonds is 3. The van der Waals surface area contributed by atoms with Gasteiger partial charge < -0.3 is 11.1 Å². The molecule has 3 N–H and O–H groups in total. The van der Waals surface area contributed by atoms with Gasteiger partial charge in [0.15, 0.2) is 0 Å². The molecule has 0 saturated carbocycles. The Hall–Kier alpha value is -1.25. The SMILES string of the molecule is CC(CNc1ncccc1N)C(C)(C)C. The number of hydrogen-bond donors (Lipinski definition) is 2. The van der Waals surface area contributed by atoms with Crippen LogP contribution in [0.5, 0.6) is 0 Å². The maximum atomic E-state index is 5.79. The summed E-state index contributed by atoms with van der Waals surface area (Å²) < 4.78 is 0. The summed E-state index contributed by atoms with van der Waals surface area (Å²) in [4.78, 5) is 4.20. The van der Waals surface area contributed by atoms with Crippen molar-refractivity contribution in [3.05, 3.63) is 18.3 Å². The van der Waals surface area contributed by atoms with Gasteiger partial charge in [0.2, 0.25) is 0 Å². The molecule has 0 aliphatic rings. The van der Waals surface area contributed by atoms with E-state index in [4.69, 9.17) is 5.73 Å². The van der Waals surface area contributed by atoms with Crippen LogP contribution in [0.2, 0.25) is 0 Å². The molecule has 15 heavy (non-hydrogen) atoms. The fourth-order valence-corrected chi connectivity index (χ4v) is 1.12. The van der Waals surface area contributed by atoms with Crippen LogP contribution in [0.3, 0.4) is 0 Å². The Labute approximate surface area is 92.1 Å². The van der Waals surface area contributed by atoms with Gasteiger partial charge in [0.05, 0.1) is 5.69 Å². The summed E-state index contributed by atoms with van der Waals surface area (Å²) in [6, 6.07) is 3.70. The van der Waals surface area contributed by atoms with Crippen LogP contribution >= 0.6 is 0 Å². The van der Waals surface area contributed by atoms with Crippen molar-refractivity contribution in [2.24, 2.45) is 11.3 Å². The van der Waals surface area contributed by atoms with Gasteiger partial charge >= 0.3 is 0 Å². The Morgan fingerprint density at radius 2 is 2.13 bits per heavy atom. The number of pyridine rings is 1. The van der Waals surface area contributed by atoms with E-state index in [-0.39, 0.29) is 0 Å². The van der Waals surface area contributed by atoms with E-state index in [9.17, 15) is 0 Å². The highest BCUT2D eigenvalue weighted by Crippen LogP contribution is 2.25. The van der Waals surface area contributed by atoms with Gasteiger partial charge in [-0.05, 0) is 23.5 Å². The van der Waals surface area contributed by atoms with Gasteiger partial charge in [-0.1, -0.05) is 27.7 Å². The second kappa shape index (κ2) is 4.51. The lowest BCUT2D eigenvalue weighted by Crippen LogP contribution is -2.25. The molecule has 1 atom stereocenters. The molecule has 0 saturated heterocycles. The molecule has 1 unspecified atom stereocenters. The highest BCUT2D eigenvalue weighted by Gasteiger charge is 2.19. The number of aromatic nitrogens is 1. The first kappa shape index (κ1) is 11.8. The van der Waals surface area contributed by atoms with Crippen molar-refractivity contribution in [3.63, 3.8) is 0 Å². The Morgan fingerprint density at radius 3 is 2.67 bits per heavy atom. The molecule has 1 aromatic rings. The van der Waals surface area contributed by atoms with Crippen LogP contribution in [0.1, 0.15) is 27.7 Å². The number of nitrogen functional groups attached to an aromatic ring is 1. The normalized spacial score (nSPS) is 13.6. The van der Waals surface area contributed by atoms with E-state index in [0.717, 1.165) is 12.4 Å². The van der Waals surface area contributed by atoms with Gasteiger partial charge in [0, 0.05) is 12.7 Å². The summed E-state index contributed by atoms with van der Waals surface area (Å²) in [5, 5.41) is 3.28. The Kier molecular flexibility index (Phi) is 3.56. The highest BCUT2D eigenvalue weighted by atomic mass is 15.0. The zero-order valence-electron chi connectivity index (χ0n) is 10.0. The van der Waals surface area contributed by atoms with Crippen molar-refractivity contribution in [1.29, 1.82) is 0 Å². The molecule has 3 nitrogen and oxygen atoms in total. The maximum Gasteiger partial charge on any atom is 0.149 e. The Balaban J connectivity index is 2.55. The smallest absolute Gasteiger partial charge is 0.149 e. The molecule has 0 aliphatic heterocycles. The monoisotopic (exact) mass is 207 g/mol. The molecule has 0 bridgehead atoms. The summed E-state index contributed by atoms with van der Waals surface area (Å²) in [6.07, 6.45) is 1.75. The summed E-state index contributed by atoms with van der Waals surface area (Å²) in [7, 11) is 0. The zero-order valence-corrected chi connectivity index (χ0v) is 10.0. The minimum atomic E-state index is 0.302. The minimum absolute atomic E-state index is 0.302. The van der Waals surface area contributed by atoms with Crippen molar-refractivity contribution in [1.82, 2.24) is 4.98 Å². The van der Waals surface area contributed by atoms with Crippen LogP contribution in [0.25, 0.3) is 0 Å².